The van der Waals surface area contributed by atoms with Gasteiger partial charge >= 0.3 is 6.61 Å². The van der Waals surface area contributed by atoms with Gasteiger partial charge in [0.05, 0.1) is 12.6 Å². The Bertz CT molecular complexity index is 424. The summed E-state index contributed by atoms with van der Waals surface area (Å²) in [5.74, 6) is -0.729. The van der Waals surface area contributed by atoms with E-state index in [-0.39, 0.29) is 6.04 Å². The zero-order valence-corrected chi connectivity index (χ0v) is 10.5. The van der Waals surface area contributed by atoms with E-state index in [4.69, 9.17) is 4.74 Å². The van der Waals surface area contributed by atoms with Crippen molar-refractivity contribution < 1.29 is 22.6 Å². The predicted molar refractivity (Wildman–Crippen MR) is 65.0 cm³/mol. The number of hydrogen-bond acceptors (Lipinski definition) is 3. The van der Waals surface area contributed by atoms with E-state index in [1.54, 1.807) is 7.11 Å². The second kappa shape index (κ2) is 6.14. The van der Waals surface area contributed by atoms with Gasteiger partial charge in [-0.1, -0.05) is 0 Å². The molecule has 0 bridgehead atoms. The van der Waals surface area contributed by atoms with Crippen molar-refractivity contribution in [1.29, 1.82) is 0 Å². The fraction of sp³-hybridized carbons (Fsp3) is 0.538. The summed E-state index contributed by atoms with van der Waals surface area (Å²) in [4.78, 5) is 0. The molecule has 1 aliphatic rings. The van der Waals surface area contributed by atoms with Gasteiger partial charge in [0.15, 0.2) is 11.6 Å². The van der Waals surface area contributed by atoms with Gasteiger partial charge in [0.25, 0.3) is 0 Å². The van der Waals surface area contributed by atoms with Gasteiger partial charge in [-0.15, -0.1) is 0 Å². The van der Waals surface area contributed by atoms with Crippen LogP contribution in [0.4, 0.5) is 18.9 Å². The minimum absolute atomic E-state index is 0.117. The van der Waals surface area contributed by atoms with E-state index in [9.17, 15) is 13.2 Å². The molecule has 1 aliphatic carbocycles. The van der Waals surface area contributed by atoms with Crippen molar-refractivity contribution in [2.45, 2.75) is 25.5 Å². The fourth-order valence-corrected chi connectivity index (χ4v) is 1.97. The molecule has 1 N–H and O–H groups in total. The lowest BCUT2D eigenvalue weighted by molar-refractivity contribution is -0.0521. The molecule has 0 radical (unpaired) electrons. The summed E-state index contributed by atoms with van der Waals surface area (Å²) in [6.45, 7) is -2.50. The number of hydrogen-bond donors (Lipinski definition) is 1. The standard InChI is InChI=1S/C13H16F3NO2/c1-18-7-11(8-2-3-8)17-9-4-5-12(10(14)6-9)19-13(15)16/h4-6,8,11,13,17H,2-3,7H2,1H3. The maximum Gasteiger partial charge on any atom is 0.387 e. The van der Waals surface area contributed by atoms with E-state index in [0.29, 0.717) is 18.2 Å². The van der Waals surface area contributed by atoms with Crippen molar-refractivity contribution in [3.63, 3.8) is 0 Å². The van der Waals surface area contributed by atoms with Crippen LogP contribution < -0.4 is 10.1 Å². The number of benzene rings is 1. The number of anilines is 1. The molecule has 6 heteroatoms. The van der Waals surface area contributed by atoms with Crippen LogP contribution >= 0.6 is 0 Å². The molecule has 0 spiro atoms. The van der Waals surface area contributed by atoms with Crippen LogP contribution in [0.2, 0.25) is 0 Å². The summed E-state index contributed by atoms with van der Waals surface area (Å²) in [5, 5.41) is 3.16. The van der Waals surface area contributed by atoms with Crippen molar-refractivity contribution in [3.05, 3.63) is 24.0 Å². The molecule has 19 heavy (non-hydrogen) atoms. The number of methoxy groups -OCH3 is 1. The molecule has 1 saturated carbocycles. The number of alkyl halides is 2. The van der Waals surface area contributed by atoms with Crippen molar-refractivity contribution in [2.75, 3.05) is 19.0 Å². The summed E-state index contributed by atoms with van der Waals surface area (Å²) >= 11 is 0. The lowest BCUT2D eigenvalue weighted by Gasteiger charge is -2.19. The van der Waals surface area contributed by atoms with Crippen LogP contribution in [-0.4, -0.2) is 26.4 Å². The molecule has 0 aliphatic heterocycles. The van der Waals surface area contributed by atoms with E-state index >= 15 is 0 Å². The van der Waals surface area contributed by atoms with Crippen LogP contribution in [0.5, 0.6) is 5.75 Å². The molecule has 1 unspecified atom stereocenters. The van der Waals surface area contributed by atoms with Gasteiger partial charge in [0, 0.05) is 18.9 Å². The van der Waals surface area contributed by atoms with Crippen LogP contribution in [0.15, 0.2) is 18.2 Å². The monoisotopic (exact) mass is 275 g/mol. The highest BCUT2D eigenvalue weighted by molar-refractivity contribution is 5.48. The molecule has 1 atom stereocenters. The smallest absolute Gasteiger partial charge is 0.387 e. The molecule has 3 nitrogen and oxygen atoms in total. The first-order valence-corrected chi connectivity index (χ1v) is 6.10. The highest BCUT2D eigenvalue weighted by Crippen LogP contribution is 2.35. The van der Waals surface area contributed by atoms with Gasteiger partial charge in [0.2, 0.25) is 0 Å². The summed E-state index contributed by atoms with van der Waals surface area (Å²) in [6.07, 6.45) is 2.24. The van der Waals surface area contributed by atoms with Crippen molar-refractivity contribution in [2.24, 2.45) is 5.92 Å². The van der Waals surface area contributed by atoms with Crippen molar-refractivity contribution in [3.8, 4) is 5.75 Å². The summed E-state index contributed by atoms with van der Waals surface area (Å²) in [5.41, 5.74) is 0.535. The number of nitrogens with one attached hydrogen (secondary N) is 1. The Labute approximate surface area is 109 Å². The number of halogens is 3. The minimum Gasteiger partial charge on any atom is -0.432 e. The number of rotatable bonds is 7. The van der Waals surface area contributed by atoms with Crippen LogP contribution in [0.1, 0.15) is 12.8 Å². The second-order valence-electron chi connectivity index (χ2n) is 4.57. The first-order valence-electron chi connectivity index (χ1n) is 6.10. The third-order valence-corrected chi connectivity index (χ3v) is 3.04. The molecular weight excluding hydrogens is 259 g/mol. The molecule has 1 aromatic carbocycles. The van der Waals surface area contributed by atoms with Gasteiger partial charge in [-0.25, -0.2) is 4.39 Å². The zero-order valence-electron chi connectivity index (χ0n) is 10.5. The predicted octanol–water partition coefficient (Wildman–Crippen LogP) is 3.26. The van der Waals surface area contributed by atoms with E-state index in [2.05, 4.69) is 10.1 Å². The summed E-state index contributed by atoms with van der Waals surface area (Å²) in [7, 11) is 1.61. The van der Waals surface area contributed by atoms with E-state index in [1.807, 2.05) is 0 Å². The van der Waals surface area contributed by atoms with Crippen LogP contribution in [0.25, 0.3) is 0 Å². The Morgan fingerprint density at radius 2 is 2.11 bits per heavy atom. The lowest BCUT2D eigenvalue weighted by Crippen LogP contribution is -2.27. The average Bonchev–Trinajstić information content (AvgIpc) is 3.16. The molecule has 0 amide bonds. The Hall–Kier alpha value is -1.43. The normalized spacial score (nSPS) is 16.5. The molecule has 0 heterocycles. The Morgan fingerprint density at radius 1 is 1.37 bits per heavy atom. The zero-order chi connectivity index (χ0) is 13.8. The van der Waals surface area contributed by atoms with Crippen molar-refractivity contribution >= 4 is 5.69 Å². The van der Waals surface area contributed by atoms with Gasteiger partial charge in [-0.05, 0) is 30.9 Å². The quantitative estimate of drug-likeness (QED) is 0.828. The molecule has 1 aromatic rings. The third-order valence-electron chi connectivity index (χ3n) is 3.04. The topological polar surface area (TPSA) is 30.5 Å². The van der Waals surface area contributed by atoms with E-state index in [0.717, 1.165) is 18.9 Å². The van der Waals surface area contributed by atoms with Crippen LogP contribution in [0, 0.1) is 11.7 Å². The first-order chi connectivity index (χ1) is 9.10. The molecule has 2 rings (SSSR count). The molecule has 106 valence electrons. The molecule has 1 fully saturated rings. The van der Waals surface area contributed by atoms with Crippen LogP contribution in [-0.2, 0) is 4.74 Å². The highest BCUT2D eigenvalue weighted by atomic mass is 19.3. The molecular formula is C13H16F3NO2. The SMILES string of the molecule is COCC(Nc1ccc(OC(F)F)c(F)c1)C1CC1. The summed E-state index contributed by atoms with van der Waals surface area (Å²) < 4.78 is 46.7. The fourth-order valence-electron chi connectivity index (χ4n) is 1.97. The second-order valence-corrected chi connectivity index (χ2v) is 4.57. The minimum atomic E-state index is -3.03. The Balaban J connectivity index is 2.02. The van der Waals surface area contributed by atoms with Crippen molar-refractivity contribution in [1.82, 2.24) is 0 Å². The van der Waals surface area contributed by atoms with Gasteiger partial charge in [-0.2, -0.15) is 8.78 Å². The average molecular weight is 275 g/mol. The largest absolute Gasteiger partial charge is 0.432 e. The molecule has 0 aromatic heterocycles. The Morgan fingerprint density at radius 3 is 2.63 bits per heavy atom. The Kier molecular flexibility index (Phi) is 4.52. The maximum absolute atomic E-state index is 13.5. The lowest BCUT2D eigenvalue weighted by atomic mass is 10.2. The first kappa shape index (κ1) is 14.0. The van der Waals surface area contributed by atoms with Gasteiger partial charge in [-0.3, -0.25) is 0 Å². The van der Waals surface area contributed by atoms with Crippen LogP contribution in [0.3, 0.4) is 0 Å². The number of ether oxygens (including phenoxy) is 2. The van der Waals surface area contributed by atoms with E-state index < -0.39 is 18.2 Å². The third kappa shape index (κ3) is 4.02. The highest BCUT2D eigenvalue weighted by Gasteiger charge is 2.31. The molecule has 0 saturated heterocycles. The maximum atomic E-state index is 13.5. The summed E-state index contributed by atoms with van der Waals surface area (Å²) in [6, 6.07) is 3.99. The van der Waals surface area contributed by atoms with Gasteiger partial charge in [0.1, 0.15) is 0 Å². The van der Waals surface area contributed by atoms with E-state index in [1.165, 1.54) is 12.1 Å². The van der Waals surface area contributed by atoms with Gasteiger partial charge < -0.3 is 14.8 Å².